The third-order valence-corrected chi connectivity index (χ3v) is 3.82. The fourth-order valence-corrected chi connectivity index (χ4v) is 3.43. The van der Waals surface area contributed by atoms with Crippen molar-refractivity contribution >= 4 is 0 Å². The van der Waals surface area contributed by atoms with Gasteiger partial charge in [0.1, 0.15) is 5.75 Å². The van der Waals surface area contributed by atoms with Crippen molar-refractivity contribution in [1.82, 2.24) is 0 Å². The highest BCUT2D eigenvalue weighted by atomic mass is 16.3. The number of para-hydroxylation sites is 1. The van der Waals surface area contributed by atoms with Gasteiger partial charge in [-0.15, -0.1) is 0 Å². The fraction of sp³-hybridized carbons (Fsp3) is 0.400. The molecule has 0 spiro atoms. The maximum absolute atomic E-state index is 10.2. The van der Waals surface area contributed by atoms with Crippen molar-refractivity contribution in [1.29, 1.82) is 0 Å². The van der Waals surface area contributed by atoms with Crippen LogP contribution in [0.4, 0.5) is 0 Å². The van der Waals surface area contributed by atoms with Gasteiger partial charge in [0, 0.05) is 5.56 Å². The van der Waals surface area contributed by atoms with Gasteiger partial charge in [0.25, 0.3) is 0 Å². The Hall–Kier alpha value is -1.76. The summed E-state index contributed by atoms with van der Waals surface area (Å²) in [5.41, 5.74) is 3.65. The molecule has 1 heteroatoms. The van der Waals surface area contributed by atoms with Crippen molar-refractivity contribution in [3.63, 3.8) is 0 Å². The minimum Gasteiger partial charge on any atom is -0.507 e. The van der Waals surface area contributed by atoms with Crippen LogP contribution in [0, 0.1) is 5.41 Å². The molecule has 0 amide bonds. The van der Waals surface area contributed by atoms with Gasteiger partial charge >= 0.3 is 0 Å². The van der Waals surface area contributed by atoms with Crippen molar-refractivity contribution in [2.75, 3.05) is 0 Å². The molecule has 0 aromatic heterocycles. The number of phenolic OH excluding ortho intramolecular Hbond substituents is 1. The third-order valence-electron chi connectivity index (χ3n) is 3.82. The summed E-state index contributed by atoms with van der Waals surface area (Å²) < 4.78 is 0. The summed E-state index contributed by atoms with van der Waals surface area (Å²) in [6.45, 7) is 11.4. The van der Waals surface area contributed by atoms with Gasteiger partial charge in [-0.05, 0) is 34.4 Å². The van der Waals surface area contributed by atoms with Crippen LogP contribution in [0.5, 0.6) is 5.75 Å². The van der Waals surface area contributed by atoms with Crippen LogP contribution in [-0.2, 0) is 5.41 Å². The smallest absolute Gasteiger partial charge is 0.123 e. The van der Waals surface area contributed by atoms with Gasteiger partial charge in [0.05, 0.1) is 0 Å². The highest BCUT2D eigenvalue weighted by Crippen LogP contribution is 2.42. The van der Waals surface area contributed by atoms with E-state index in [1.807, 2.05) is 24.3 Å². The van der Waals surface area contributed by atoms with Crippen LogP contribution < -0.4 is 0 Å². The van der Waals surface area contributed by atoms with E-state index >= 15 is 0 Å². The summed E-state index contributed by atoms with van der Waals surface area (Å²) in [6.07, 6.45) is 1.09. The van der Waals surface area contributed by atoms with E-state index in [2.05, 4.69) is 52.8 Å². The molecule has 21 heavy (non-hydrogen) atoms. The van der Waals surface area contributed by atoms with Crippen LogP contribution in [0.25, 0.3) is 11.1 Å². The van der Waals surface area contributed by atoms with E-state index in [-0.39, 0.29) is 10.8 Å². The van der Waals surface area contributed by atoms with Gasteiger partial charge in [0.2, 0.25) is 0 Å². The highest BCUT2D eigenvalue weighted by molar-refractivity contribution is 5.74. The van der Waals surface area contributed by atoms with Crippen molar-refractivity contribution in [3.8, 4) is 16.9 Å². The molecule has 112 valence electrons. The summed E-state index contributed by atoms with van der Waals surface area (Å²) in [4.78, 5) is 0. The number of aromatic hydroxyl groups is 1. The molecule has 0 saturated carbocycles. The molecule has 2 rings (SSSR count). The number of hydrogen-bond acceptors (Lipinski definition) is 1. The molecule has 0 bridgehead atoms. The average Bonchev–Trinajstić information content (AvgIpc) is 2.36. The number of rotatable bonds is 3. The quantitative estimate of drug-likeness (QED) is 0.757. The van der Waals surface area contributed by atoms with Crippen molar-refractivity contribution < 1.29 is 5.11 Å². The Kier molecular flexibility index (Phi) is 4.13. The van der Waals surface area contributed by atoms with Gasteiger partial charge in [-0.3, -0.25) is 0 Å². The van der Waals surface area contributed by atoms with Crippen LogP contribution in [0.3, 0.4) is 0 Å². The second-order valence-electron chi connectivity index (χ2n) is 7.68. The van der Waals surface area contributed by atoms with E-state index in [0.717, 1.165) is 17.5 Å². The van der Waals surface area contributed by atoms with Crippen molar-refractivity contribution in [2.45, 2.75) is 46.5 Å². The molecule has 2 aromatic carbocycles. The average molecular weight is 282 g/mol. The molecule has 0 unspecified atom stereocenters. The first-order chi connectivity index (χ1) is 9.71. The molecular weight excluding hydrogens is 256 g/mol. The number of hydrogen-bond donors (Lipinski definition) is 1. The Bertz CT molecular complexity index is 618. The Balaban J connectivity index is 2.54. The van der Waals surface area contributed by atoms with E-state index in [1.54, 1.807) is 6.07 Å². The van der Waals surface area contributed by atoms with E-state index < -0.39 is 0 Å². The Labute approximate surface area is 128 Å². The molecule has 1 nitrogen and oxygen atoms in total. The first kappa shape index (κ1) is 15.6. The lowest BCUT2D eigenvalue weighted by molar-refractivity contribution is 0.284. The summed E-state index contributed by atoms with van der Waals surface area (Å²) >= 11 is 0. The maximum Gasteiger partial charge on any atom is 0.123 e. The van der Waals surface area contributed by atoms with Crippen LogP contribution >= 0.6 is 0 Å². The Morgan fingerprint density at radius 2 is 1.29 bits per heavy atom. The van der Waals surface area contributed by atoms with E-state index in [4.69, 9.17) is 0 Å². The SMILES string of the molecule is CC(C)(C)CC(C)(C)c1ccccc1-c1ccccc1O. The van der Waals surface area contributed by atoms with Crippen molar-refractivity contribution in [3.05, 3.63) is 54.1 Å². The predicted molar refractivity (Wildman–Crippen MR) is 90.6 cm³/mol. The topological polar surface area (TPSA) is 20.2 Å². The summed E-state index contributed by atoms with van der Waals surface area (Å²) in [6, 6.07) is 16.0. The lowest BCUT2D eigenvalue weighted by atomic mass is 9.70. The van der Waals surface area contributed by atoms with Gasteiger partial charge in [0.15, 0.2) is 0 Å². The highest BCUT2D eigenvalue weighted by Gasteiger charge is 2.29. The second kappa shape index (κ2) is 5.55. The molecule has 1 N–H and O–H groups in total. The minimum absolute atomic E-state index is 0.0527. The fourth-order valence-electron chi connectivity index (χ4n) is 3.43. The molecule has 0 heterocycles. The Morgan fingerprint density at radius 1 is 0.762 bits per heavy atom. The maximum atomic E-state index is 10.2. The van der Waals surface area contributed by atoms with E-state index in [1.165, 1.54) is 5.56 Å². The molecular formula is C20H26O. The molecule has 0 aliphatic heterocycles. The van der Waals surface area contributed by atoms with Gasteiger partial charge in [-0.2, -0.15) is 0 Å². The molecule has 0 atom stereocenters. The van der Waals surface area contributed by atoms with Gasteiger partial charge < -0.3 is 5.11 Å². The third kappa shape index (κ3) is 3.66. The zero-order valence-electron chi connectivity index (χ0n) is 13.8. The first-order valence-electron chi connectivity index (χ1n) is 7.59. The second-order valence-corrected chi connectivity index (χ2v) is 7.68. The van der Waals surface area contributed by atoms with Crippen LogP contribution in [-0.4, -0.2) is 5.11 Å². The largest absolute Gasteiger partial charge is 0.507 e. The lowest BCUT2D eigenvalue weighted by Gasteiger charge is -2.34. The Morgan fingerprint density at radius 3 is 1.86 bits per heavy atom. The van der Waals surface area contributed by atoms with Crippen LogP contribution in [0.1, 0.15) is 46.6 Å². The number of phenols is 1. The first-order valence-corrected chi connectivity index (χ1v) is 7.59. The zero-order valence-corrected chi connectivity index (χ0v) is 13.8. The monoisotopic (exact) mass is 282 g/mol. The predicted octanol–water partition coefficient (Wildman–Crippen LogP) is 5.77. The van der Waals surface area contributed by atoms with Crippen molar-refractivity contribution in [2.24, 2.45) is 5.41 Å². The molecule has 2 aromatic rings. The molecule has 0 aliphatic rings. The number of benzene rings is 2. The zero-order chi connectivity index (χ0) is 15.7. The standard InChI is InChI=1S/C20H26O/c1-19(2,3)14-20(4,5)17-12-8-6-10-15(17)16-11-7-9-13-18(16)21/h6-13,21H,14H2,1-5H3. The van der Waals surface area contributed by atoms with Gasteiger partial charge in [-0.25, -0.2) is 0 Å². The van der Waals surface area contributed by atoms with E-state index in [0.29, 0.717) is 5.75 Å². The molecule has 0 aliphatic carbocycles. The molecule has 0 radical (unpaired) electrons. The normalized spacial score (nSPS) is 12.4. The molecule has 0 fully saturated rings. The lowest BCUT2D eigenvalue weighted by Crippen LogP contribution is -2.25. The van der Waals surface area contributed by atoms with Crippen LogP contribution in [0.15, 0.2) is 48.5 Å². The van der Waals surface area contributed by atoms with E-state index in [9.17, 15) is 5.11 Å². The van der Waals surface area contributed by atoms with Crippen LogP contribution in [0.2, 0.25) is 0 Å². The van der Waals surface area contributed by atoms with Gasteiger partial charge in [-0.1, -0.05) is 77.1 Å². The summed E-state index contributed by atoms with van der Waals surface area (Å²) in [5.74, 6) is 0.344. The summed E-state index contributed by atoms with van der Waals surface area (Å²) in [7, 11) is 0. The summed E-state index contributed by atoms with van der Waals surface area (Å²) in [5, 5.41) is 10.2. The molecule has 0 saturated heterocycles. The minimum atomic E-state index is 0.0527.